The molecular weight excluding hydrogens is 408 g/mol. The van der Waals surface area contributed by atoms with Crippen molar-refractivity contribution in [2.75, 3.05) is 6.61 Å². The average molecular weight is 445 g/mol. The zero-order valence-electron chi connectivity index (χ0n) is 19.9. The SMILES string of the molecule is CCCCCCOc1ccc(-c2cc(CC(C)CCC(=O)O)ccc2-c2ccccc2)cc1. The molecule has 0 bridgehead atoms. The molecule has 0 saturated carbocycles. The molecule has 33 heavy (non-hydrogen) atoms. The largest absolute Gasteiger partial charge is 0.494 e. The van der Waals surface area contributed by atoms with Crippen molar-refractivity contribution in [3.8, 4) is 28.0 Å². The van der Waals surface area contributed by atoms with Gasteiger partial charge < -0.3 is 9.84 Å². The molecule has 0 aliphatic carbocycles. The molecule has 1 N–H and O–H groups in total. The molecule has 3 heteroatoms. The first kappa shape index (κ1) is 24.6. The summed E-state index contributed by atoms with van der Waals surface area (Å²) in [6.45, 7) is 5.10. The fourth-order valence-electron chi connectivity index (χ4n) is 4.15. The topological polar surface area (TPSA) is 46.5 Å². The fourth-order valence-corrected chi connectivity index (χ4v) is 4.15. The first-order chi connectivity index (χ1) is 16.1. The van der Waals surface area contributed by atoms with E-state index in [4.69, 9.17) is 9.84 Å². The summed E-state index contributed by atoms with van der Waals surface area (Å²) in [5, 5.41) is 8.99. The molecule has 1 atom stereocenters. The van der Waals surface area contributed by atoms with E-state index in [2.05, 4.69) is 80.6 Å². The molecule has 0 aliphatic heterocycles. The summed E-state index contributed by atoms with van der Waals surface area (Å²) < 4.78 is 5.93. The number of benzene rings is 3. The van der Waals surface area contributed by atoms with Crippen LogP contribution in [0.3, 0.4) is 0 Å². The van der Waals surface area contributed by atoms with E-state index in [-0.39, 0.29) is 6.42 Å². The van der Waals surface area contributed by atoms with Crippen LogP contribution in [-0.2, 0) is 11.2 Å². The summed E-state index contributed by atoms with van der Waals surface area (Å²) in [5.74, 6) is 0.504. The van der Waals surface area contributed by atoms with Gasteiger partial charge in [-0.3, -0.25) is 4.79 Å². The molecule has 0 amide bonds. The summed E-state index contributed by atoms with van der Waals surface area (Å²) in [5.41, 5.74) is 5.98. The molecule has 174 valence electrons. The third-order valence-corrected chi connectivity index (χ3v) is 6.04. The Labute approximate surface area is 198 Å². The smallest absolute Gasteiger partial charge is 0.303 e. The van der Waals surface area contributed by atoms with Crippen LogP contribution in [-0.4, -0.2) is 17.7 Å². The fraction of sp³-hybridized carbons (Fsp3) is 0.367. The van der Waals surface area contributed by atoms with Gasteiger partial charge in [0.05, 0.1) is 6.61 Å². The maximum atomic E-state index is 10.9. The minimum absolute atomic E-state index is 0.218. The normalized spacial score (nSPS) is 11.8. The van der Waals surface area contributed by atoms with Gasteiger partial charge in [0.1, 0.15) is 5.75 Å². The van der Waals surface area contributed by atoms with E-state index in [9.17, 15) is 4.79 Å². The number of carbonyl (C=O) groups is 1. The lowest BCUT2D eigenvalue weighted by atomic mass is 9.89. The molecular formula is C30H36O3. The third-order valence-electron chi connectivity index (χ3n) is 6.04. The van der Waals surface area contributed by atoms with Gasteiger partial charge in [0, 0.05) is 6.42 Å². The number of unbranched alkanes of at least 4 members (excludes halogenated alkanes) is 3. The zero-order chi connectivity index (χ0) is 23.5. The molecule has 0 radical (unpaired) electrons. The number of carboxylic acid groups (broad SMARTS) is 1. The van der Waals surface area contributed by atoms with Crippen LogP contribution in [0.15, 0.2) is 72.8 Å². The van der Waals surface area contributed by atoms with Crippen molar-refractivity contribution < 1.29 is 14.6 Å². The molecule has 0 aliphatic rings. The quantitative estimate of drug-likeness (QED) is 0.271. The summed E-state index contributed by atoms with van der Waals surface area (Å²) in [6, 6.07) is 25.5. The van der Waals surface area contributed by atoms with Gasteiger partial charge in [0.25, 0.3) is 0 Å². The van der Waals surface area contributed by atoms with Crippen molar-refractivity contribution in [3.05, 3.63) is 78.4 Å². The van der Waals surface area contributed by atoms with Gasteiger partial charge in [0.2, 0.25) is 0 Å². The van der Waals surface area contributed by atoms with Gasteiger partial charge in [0.15, 0.2) is 0 Å². The highest BCUT2D eigenvalue weighted by Crippen LogP contribution is 2.34. The molecule has 0 heterocycles. The maximum Gasteiger partial charge on any atom is 0.303 e. The predicted molar refractivity (Wildman–Crippen MR) is 137 cm³/mol. The first-order valence-corrected chi connectivity index (χ1v) is 12.2. The number of hydrogen-bond donors (Lipinski definition) is 1. The predicted octanol–water partition coefficient (Wildman–Crippen LogP) is 8.02. The van der Waals surface area contributed by atoms with Crippen molar-refractivity contribution in [2.24, 2.45) is 5.92 Å². The summed E-state index contributed by atoms with van der Waals surface area (Å²) in [4.78, 5) is 10.9. The van der Waals surface area contributed by atoms with Gasteiger partial charge in [-0.1, -0.05) is 93.8 Å². The Morgan fingerprint density at radius 1 is 0.879 bits per heavy atom. The second-order valence-corrected chi connectivity index (χ2v) is 8.92. The van der Waals surface area contributed by atoms with Crippen LogP contribution in [0.4, 0.5) is 0 Å². The van der Waals surface area contributed by atoms with Crippen LogP contribution in [0.2, 0.25) is 0 Å². The van der Waals surface area contributed by atoms with E-state index in [1.165, 1.54) is 41.5 Å². The number of carboxylic acids is 1. The minimum atomic E-state index is -0.727. The molecule has 0 saturated heterocycles. The van der Waals surface area contributed by atoms with Crippen molar-refractivity contribution in [1.29, 1.82) is 0 Å². The van der Waals surface area contributed by atoms with Crippen LogP contribution in [0.25, 0.3) is 22.3 Å². The van der Waals surface area contributed by atoms with Gasteiger partial charge in [-0.25, -0.2) is 0 Å². The van der Waals surface area contributed by atoms with E-state index in [1.54, 1.807) is 0 Å². The zero-order valence-corrected chi connectivity index (χ0v) is 19.9. The lowest BCUT2D eigenvalue weighted by molar-refractivity contribution is -0.137. The molecule has 3 aromatic rings. The van der Waals surface area contributed by atoms with Gasteiger partial charge in [-0.2, -0.15) is 0 Å². The number of aliphatic carboxylic acids is 1. The lowest BCUT2D eigenvalue weighted by Crippen LogP contribution is -2.04. The number of hydrogen-bond acceptors (Lipinski definition) is 2. The van der Waals surface area contributed by atoms with Crippen LogP contribution < -0.4 is 4.74 Å². The highest BCUT2D eigenvalue weighted by molar-refractivity contribution is 5.84. The Hall–Kier alpha value is -3.07. The third kappa shape index (κ3) is 7.78. The summed E-state index contributed by atoms with van der Waals surface area (Å²) in [6.07, 6.45) is 6.58. The molecule has 0 fully saturated rings. The van der Waals surface area contributed by atoms with Crippen LogP contribution in [0.1, 0.15) is 57.9 Å². The molecule has 3 rings (SSSR count). The minimum Gasteiger partial charge on any atom is -0.494 e. The summed E-state index contributed by atoms with van der Waals surface area (Å²) in [7, 11) is 0. The second kappa shape index (κ2) is 12.8. The Balaban J connectivity index is 1.80. The van der Waals surface area contributed by atoms with Crippen molar-refractivity contribution in [2.45, 2.75) is 58.8 Å². The van der Waals surface area contributed by atoms with Crippen molar-refractivity contribution in [3.63, 3.8) is 0 Å². The Kier molecular flexibility index (Phi) is 9.56. The molecule has 0 spiro atoms. The standard InChI is InChI=1S/C30H36O3/c1-3-4-5-9-20-33-27-16-14-26(15-17-27)29-22-24(21-23(2)12-19-30(31)32)13-18-28(29)25-10-7-6-8-11-25/h6-8,10-11,13-18,22-23H,3-5,9,12,19-21H2,1-2H3,(H,31,32). The lowest BCUT2D eigenvalue weighted by Gasteiger charge is -2.16. The van der Waals surface area contributed by atoms with Crippen LogP contribution >= 0.6 is 0 Å². The highest BCUT2D eigenvalue weighted by atomic mass is 16.5. The molecule has 3 nitrogen and oxygen atoms in total. The first-order valence-electron chi connectivity index (χ1n) is 12.2. The second-order valence-electron chi connectivity index (χ2n) is 8.92. The molecule has 3 aromatic carbocycles. The van der Waals surface area contributed by atoms with Gasteiger partial charge >= 0.3 is 5.97 Å². The molecule has 0 aromatic heterocycles. The summed E-state index contributed by atoms with van der Waals surface area (Å²) >= 11 is 0. The Morgan fingerprint density at radius 3 is 2.30 bits per heavy atom. The number of rotatable bonds is 13. The molecule has 1 unspecified atom stereocenters. The van der Waals surface area contributed by atoms with Crippen molar-refractivity contribution >= 4 is 5.97 Å². The van der Waals surface area contributed by atoms with E-state index in [1.807, 2.05) is 6.07 Å². The van der Waals surface area contributed by atoms with Crippen LogP contribution in [0, 0.1) is 5.92 Å². The van der Waals surface area contributed by atoms with E-state index in [0.29, 0.717) is 12.3 Å². The monoisotopic (exact) mass is 444 g/mol. The van der Waals surface area contributed by atoms with E-state index in [0.717, 1.165) is 30.8 Å². The van der Waals surface area contributed by atoms with Gasteiger partial charge in [-0.15, -0.1) is 0 Å². The van der Waals surface area contributed by atoms with Gasteiger partial charge in [-0.05, 0) is 65.1 Å². The maximum absolute atomic E-state index is 10.9. The Bertz CT molecular complexity index is 993. The highest BCUT2D eigenvalue weighted by Gasteiger charge is 2.12. The van der Waals surface area contributed by atoms with Crippen molar-refractivity contribution in [1.82, 2.24) is 0 Å². The van der Waals surface area contributed by atoms with Crippen LogP contribution in [0.5, 0.6) is 5.75 Å². The van der Waals surface area contributed by atoms with E-state index < -0.39 is 5.97 Å². The average Bonchev–Trinajstić information content (AvgIpc) is 2.83. The number of ether oxygens (including phenoxy) is 1. The van der Waals surface area contributed by atoms with E-state index >= 15 is 0 Å². The Morgan fingerprint density at radius 2 is 1.61 bits per heavy atom.